The van der Waals surface area contributed by atoms with Crippen LogP contribution >= 0.6 is 0 Å². The summed E-state index contributed by atoms with van der Waals surface area (Å²) in [5.41, 5.74) is 1.07. The van der Waals surface area contributed by atoms with Crippen molar-refractivity contribution in [2.45, 2.75) is 6.92 Å². The van der Waals surface area contributed by atoms with Crippen molar-refractivity contribution >= 4 is 16.9 Å². The molecule has 2 aromatic rings. The van der Waals surface area contributed by atoms with E-state index < -0.39 is 5.97 Å². The van der Waals surface area contributed by atoms with Crippen LogP contribution in [0.3, 0.4) is 0 Å². The smallest absolute Gasteiger partial charge is 0.153 e. The van der Waals surface area contributed by atoms with E-state index in [0.29, 0.717) is 16.9 Å². The summed E-state index contributed by atoms with van der Waals surface area (Å²) in [5, 5.41) is 11.5. The first-order valence-electron chi connectivity index (χ1n) is 4.42. The summed E-state index contributed by atoms with van der Waals surface area (Å²) in [5.74, 6) is -0.804. The summed E-state index contributed by atoms with van der Waals surface area (Å²) >= 11 is 0. The summed E-state index contributed by atoms with van der Waals surface area (Å²) in [7, 11) is 1.54. The molecular formula is C11H9O4-. The van der Waals surface area contributed by atoms with Crippen LogP contribution in [0.15, 0.2) is 22.6 Å². The fourth-order valence-corrected chi connectivity index (χ4v) is 1.53. The molecule has 1 heterocycles. The van der Waals surface area contributed by atoms with Gasteiger partial charge >= 0.3 is 0 Å². The van der Waals surface area contributed by atoms with Gasteiger partial charge in [0, 0.05) is 17.0 Å². The highest BCUT2D eigenvalue weighted by Crippen LogP contribution is 2.28. The molecule has 4 nitrogen and oxygen atoms in total. The van der Waals surface area contributed by atoms with Crippen molar-refractivity contribution in [2.24, 2.45) is 0 Å². The van der Waals surface area contributed by atoms with Gasteiger partial charge in [-0.25, -0.2) is 0 Å². The standard InChI is InChI=1S/C11H10O4/c1-6-8-4-3-7(14-2)5-9(8)15-10(6)11(12)13/h3-5H,1-2H3,(H,12,13)/p-1. The molecule has 0 saturated carbocycles. The molecule has 78 valence electrons. The van der Waals surface area contributed by atoms with Gasteiger partial charge in [0.25, 0.3) is 0 Å². The van der Waals surface area contributed by atoms with Crippen LogP contribution in [-0.4, -0.2) is 13.1 Å². The number of hydrogen-bond donors (Lipinski definition) is 0. The Morgan fingerprint density at radius 1 is 1.47 bits per heavy atom. The second-order valence-corrected chi connectivity index (χ2v) is 3.21. The quantitative estimate of drug-likeness (QED) is 0.736. The predicted molar refractivity (Wildman–Crippen MR) is 51.8 cm³/mol. The minimum atomic E-state index is -1.30. The predicted octanol–water partition coefficient (Wildman–Crippen LogP) is 1.11. The first-order valence-corrected chi connectivity index (χ1v) is 4.42. The van der Waals surface area contributed by atoms with Gasteiger partial charge in [-0.1, -0.05) is 0 Å². The van der Waals surface area contributed by atoms with Gasteiger partial charge in [-0.05, 0) is 19.1 Å². The lowest BCUT2D eigenvalue weighted by Crippen LogP contribution is -2.22. The van der Waals surface area contributed by atoms with Crippen LogP contribution in [0, 0.1) is 6.92 Å². The van der Waals surface area contributed by atoms with Crippen molar-refractivity contribution in [1.29, 1.82) is 0 Å². The molecule has 0 amide bonds. The Kier molecular flexibility index (Phi) is 2.11. The third-order valence-electron chi connectivity index (χ3n) is 2.33. The van der Waals surface area contributed by atoms with E-state index in [1.807, 2.05) is 0 Å². The third-order valence-corrected chi connectivity index (χ3v) is 2.33. The van der Waals surface area contributed by atoms with Crippen molar-refractivity contribution in [2.75, 3.05) is 7.11 Å². The highest BCUT2D eigenvalue weighted by Gasteiger charge is 2.11. The molecule has 0 atom stereocenters. The van der Waals surface area contributed by atoms with E-state index in [1.165, 1.54) is 7.11 Å². The number of rotatable bonds is 2. The molecule has 0 spiro atoms. The van der Waals surface area contributed by atoms with Crippen LogP contribution in [0.5, 0.6) is 5.75 Å². The zero-order chi connectivity index (χ0) is 11.0. The van der Waals surface area contributed by atoms with Gasteiger partial charge in [0.15, 0.2) is 5.76 Å². The van der Waals surface area contributed by atoms with Crippen molar-refractivity contribution in [1.82, 2.24) is 0 Å². The summed E-state index contributed by atoms with van der Waals surface area (Å²) in [6.45, 7) is 1.68. The second-order valence-electron chi connectivity index (χ2n) is 3.21. The number of methoxy groups -OCH3 is 1. The van der Waals surface area contributed by atoms with E-state index in [1.54, 1.807) is 25.1 Å². The molecule has 0 aliphatic carbocycles. The summed E-state index contributed by atoms with van der Waals surface area (Å²) in [4.78, 5) is 10.7. The summed E-state index contributed by atoms with van der Waals surface area (Å²) in [6.07, 6.45) is 0. The van der Waals surface area contributed by atoms with Gasteiger partial charge in [-0.3, -0.25) is 0 Å². The van der Waals surface area contributed by atoms with Gasteiger partial charge in [-0.15, -0.1) is 0 Å². The fourth-order valence-electron chi connectivity index (χ4n) is 1.53. The van der Waals surface area contributed by atoms with E-state index >= 15 is 0 Å². The Hall–Kier alpha value is -1.97. The molecule has 2 rings (SSSR count). The lowest BCUT2D eigenvalue weighted by molar-refractivity contribution is -0.257. The summed E-state index contributed by atoms with van der Waals surface area (Å²) in [6, 6.07) is 5.16. The number of carboxylic acid groups (broad SMARTS) is 1. The van der Waals surface area contributed by atoms with E-state index in [4.69, 9.17) is 9.15 Å². The average Bonchev–Trinajstić information content (AvgIpc) is 2.55. The number of aromatic carboxylic acids is 1. The molecule has 15 heavy (non-hydrogen) atoms. The molecule has 1 aromatic heterocycles. The van der Waals surface area contributed by atoms with Gasteiger partial charge in [0.2, 0.25) is 0 Å². The Bertz CT molecular complexity index is 525. The number of ether oxygens (including phenoxy) is 1. The van der Waals surface area contributed by atoms with E-state index in [9.17, 15) is 9.90 Å². The lowest BCUT2D eigenvalue weighted by Gasteiger charge is -1.97. The molecule has 0 N–H and O–H groups in total. The molecule has 0 bridgehead atoms. The minimum absolute atomic E-state index is 0.127. The van der Waals surface area contributed by atoms with E-state index in [-0.39, 0.29) is 5.76 Å². The fraction of sp³-hybridized carbons (Fsp3) is 0.182. The topological polar surface area (TPSA) is 62.5 Å². The molecule has 0 saturated heterocycles. The van der Waals surface area contributed by atoms with Crippen molar-refractivity contribution < 1.29 is 19.1 Å². The Morgan fingerprint density at radius 2 is 2.20 bits per heavy atom. The average molecular weight is 205 g/mol. The van der Waals surface area contributed by atoms with E-state index in [0.717, 1.165) is 5.39 Å². The molecule has 4 heteroatoms. The molecule has 0 unspecified atom stereocenters. The number of fused-ring (bicyclic) bond motifs is 1. The largest absolute Gasteiger partial charge is 0.542 e. The van der Waals surface area contributed by atoms with Crippen LogP contribution in [0.2, 0.25) is 0 Å². The first kappa shape index (κ1) is 9.58. The Labute approximate surface area is 86.1 Å². The van der Waals surface area contributed by atoms with Crippen molar-refractivity contribution in [3.63, 3.8) is 0 Å². The number of aryl methyl sites for hydroxylation is 1. The number of furan rings is 1. The Morgan fingerprint density at radius 3 is 2.80 bits per heavy atom. The second kappa shape index (κ2) is 3.31. The maximum Gasteiger partial charge on any atom is 0.153 e. The molecule has 0 aliphatic rings. The first-order chi connectivity index (χ1) is 7.13. The molecule has 0 radical (unpaired) electrons. The van der Waals surface area contributed by atoms with Crippen molar-refractivity contribution in [3.8, 4) is 5.75 Å². The van der Waals surface area contributed by atoms with Crippen LogP contribution < -0.4 is 9.84 Å². The molecule has 0 aliphatic heterocycles. The zero-order valence-corrected chi connectivity index (χ0v) is 8.37. The number of carbonyl (C=O) groups excluding carboxylic acids is 1. The van der Waals surface area contributed by atoms with Gasteiger partial charge in [-0.2, -0.15) is 0 Å². The third kappa shape index (κ3) is 1.44. The highest BCUT2D eigenvalue weighted by atomic mass is 16.5. The zero-order valence-electron chi connectivity index (χ0n) is 8.37. The minimum Gasteiger partial charge on any atom is -0.542 e. The SMILES string of the molecule is COc1ccc2c(C)c(C(=O)[O-])oc2c1. The maximum atomic E-state index is 10.7. The van der Waals surface area contributed by atoms with Crippen LogP contribution in [0.4, 0.5) is 0 Å². The van der Waals surface area contributed by atoms with Crippen molar-refractivity contribution in [3.05, 3.63) is 29.5 Å². The Balaban J connectivity index is 2.70. The number of benzene rings is 1. The van der Waals surface area contributed by atoms with Crippen LogP contribution in [-0.2, 0) is 0 Å². The monoisotopic (exact) mass is 205 g/mol. The van der Waals surface area contributed by atoms with Crippen LogP contribution in [0.25, 0.3) is 11.0 Å². The highest BCUT2D eigenvalue weighted by molar-refractivity contribution is 5.94. The summed E-state index contributed by atoms with van der Waals surface area (Å²) < 4.78 is 10.2. The van der Waals surface area contributed by atoms with Crippen LogP contribution in [0.1, 0.15) is 16.1 Å². The molecular weight excluding hydrogens is 196 g/mol. The maximum absolute atomic E-state index is 10.7. The van der Waals surface area contributed by atoms with Gasteiger partial charge in [0.05, 0.1) is 7.11 Å². The normalized spacial score (nSPS) is 10.5. The van der Waals surface area contributed by atoms with E-state index in [2.05, 4.69) is 0 Å². The van der Waals surface area contributed by atoms with Gasteiger partial charge in [0.1, 0.15) is 17.3 Å². The van der Waals surface area contributed by atoms with Gasteiger partial charge < -0.3 is 19.1 Å². The number of hydrogen-bond acceptors (Lipinski definition) is 4. The molecule has 1 aromatic carbocycles. The molecule has 0 fully saturated rings. The number of carboxylic acids is 1. The number of carbonyl (C=O) groups is 1. The lowest BCUT2D eigenvalue weighted by atomic mass is 10.1.